The normalized spacial score (nSPS) is 19.9. The van der Waals surface area contributed by atoms with Crippen LogP contribution in [0.5, 0.6) is 0 Å². The van der Waals surface area contributed by atoms with E-state index in [4.69, 9.17) is 14.2 Å². The number of nitrogens with zero attached hydrogens (tertiary/aromatic N) is 1. The van der Waals surface area contributed by atoms with Crippen molar-refractivity contribution in [2.24, 2.45) is 0 Å². The lowest BCUT2D eigenvalue weighted by atomic mass is 10.2. The van der Waals surface area contributed by atoms with E-state index in [9.17, 15) is 23.6 Å². The summed E-state index contributed by atoms with van der Waals surface area (Å²) >= 11 is 0. The van der Waals surface area contributed by atoms with Gasteiger partial charge in [-0.2, -0.15) is 0 Å². The molecule has 1 fully saturated rings. The fourth-order valence-electron chi connectivity index (χ4n) is 3.02. The highest BCUT2D eigenvalue weighted by Gasteiger charge is 2.39. The first-order chi connectivity index (χ1) is 14.7. The monoisotopic (exact) mass is 430 g/mol. The molecular weight excluding hydrogens is 411 g/mol. The molecule has 10 heteroatoms. The first-order valence-corrected chi connectivity index (χ1v) is 9.32. The van der Waals surface area contributed by atoms with E-state index < -0.39 is 47.4 Å². The van der Waals surface area contributed by atoms with Gasteiger partial charge in [-0.3, -0.25) is 23.9 Å². The van der Waals surface area contributed by atoms with Crippen molar-refractivity contribution < 1.29 is 28.2 Å². The first kappa shape index (κ1) is 22.0. The Morgan fingerprint density at radius 2 is 1.90 bits per heavy atom. The molecule has 1 aromatic heterocycles. The summed E-state index contributed by atoms with van der Waals surface area (Å²) in [5.74, 6) is 3.87. The number of aromatic nitrogens is 2. The molecule has 0 bridgehead atoms. The van der Waals surface area contributed by atoms with E-state index in [1.807, 2.05) is 0 Å². The Morgan fingerprint density at radius 1 is 1.19 bits per heavy atom. The van der Waals surface area contributed by atoms with Crippen LogP contribution in [0, 0.1) is 17.7 Å². The molecule has 162 valence electrons. The molecule has 3 rings (SSSR count). The molecule has 3 atom stereocenters. The van der Waals surface area contributed by atoms with Gasteiger partial charge in [0, 0.05) is 32.0 Å². The van der Waals surface area contributed by atoms with E-state index in [0.717, 1.165) is 4.57 Å². The fraction of sp³-hybridized carbons (Fsp3) is 0.333. The Labute approximate surface area is 175 Å². The fourth-order valence-corrected chi connectivity index (χ4v) is 3.02. The predicted molar refractivity (Wildman–Crippen MR) is 104 cm³/mol. The summed E-state index contributed by atoms with van der Waals surface area (Å²) in [4.78, 5) is 49.1. The van der Waals surface area contributed by atoms with Crippen LogP contribution < -0.4 is 11.2 Å². The summed E-state index contributed by atoms with van der Waals surface area (Å²) < 4.78 is 30.1. The lowest BCUT2D eigenvalue weighted by Gasteiger charge is -2.17. The summed E-state index contributed by atoms with van der Waals surface area (Å²) in [6.07, 6.45) is -1.09. The van der Waals surface area contributed by atoms with E-state index in [1.165, 1.54) is 44.3 Å². The van der Waals surface area contributed by atoms with Crippen molar-refractivity contribution in [2.45, 2.75) is 38.7 Å². The van der Waals surface area contributed by atoms with Crippen molar-refractivity contribution in [3.8, 4) is 11.8 Å². The summed E-state index contributed by atoms with van der Waals surface area (Å²) in [5.41, 5.74) is -0.967. The van der Waals surface area contributed by atoms with Crippen LogP contribution in [0.4, 0.5) is 4.39 Å². The maximum atomic E-state index is 13.0. The Morgan fingerprint density at radius 3 is 2.55 bits per heavy atom. The minimum atomic E-state index is -0.888. The molecule has 1 aliphatic rings. The lowest BCUT2D eigenvalue weighted by molar-refractivity contribution is -0.155. The van der Waals surface area contributed by atoms with Crippen LogP contribution in [-0.4, -0.2) is 40.3 Å². The molecule has 0 saturated carbocycles. The van der Waals surface area contributed by atoms with Gasteiger partial charge in [0.25, 0.3) is 5.56 Å². The number of esters is 2. The molecule has 0 unspecified atom stereocenters. The van der Waals surface area contributed by atoms with Crippen LogP contribution in [0.2, 0.25) is 0 Å². The smallest absolute Gasteiger partial charge is 0.330 e. The summed E-state index contributed by atoms with van der Waals surface area (Å²) in [6.45, 7) is 2.29. The highest BCUT2D eigenvalue weighted by Crippen LogP contribution is 2.30. The van der Waals surface area contributed by atoms with Crippen molar-refractivity contribution in [1.82, 2.24) is 9.55 Å². The maximum absolute atomic E-state index is 13.0. The van der Waals surface area contributed by atoms with Gasteiger partial charge in [-0.1, -0.05) is 11.8 Å². The average molecular weight is 430 g/mol. The van der Waals surface area contributed by atoms with E-state index in [2.05, 4.69) is 16.8 Å². The average Bonchev–Trinajstić information content (AvgIpc) is 3.08. The predicted octanol–water partition coefficient (Wildman–Crippen LogP) is 0.858. The van der Waals surface area contributed by atoms with Crippen molar-refractivity contribution in [1.29, 1.82) is 0 Å². The maximum Gasteiger partial charge on any atom is 0.330 e. The molecule has 0 spiro atoms. The van der Waals surface area contributed by atoms with Gasteiger partial charge >= 0.3 is 17.6 Å². The van der Waals surface area contributed by atoms with Crippen LogP contribution >= 0.6 is 0 Å². The molecule has 2 heterocycles. The number of H-pyrrole nitrogens is 1. The van der Waals surface area contributed by atoms with Crippen LogP contribution in [0.25, 0.3) is 0 Å². The standard InChI is InChI=1S/C21H19FN2O7/c1-12(25)29-11-18-17(30-13(2)26)9-19(31-18)24-10-15(20(27)23-21(24)28)6-3-14-4-7-16(22)8-5-14/h4-5,7-8,10,17-19H,9,11H2,1-2H3,(H,23,27,28)/t17-,18+,19+/m0/s1. The highest BCUT2D eigenvalue weighted by atomic mass is 19.1. The molecule has 31 heavy (non-hydrogen) atoms. The van der Waals surface area contributed by atoms with Gasteiger partial charge in [0.15, 0.2) is 0 Å². The molecule has 1 saturated heterocycles. The third-order valence-corrected chi connectivity index (χ3v) is 4.41. The van der Waals surface area contributed by atoms with Crippen molar-refractivity contribution in [2.75, 3.05) is 6.61 Å². The summed E-state index contributed by atoms with van der Waals surface area (Å²) in [5, 5.41) is 0. The van der Waals surface area contributed by atoms with Crippen molar-refractivity contribution in [3.63, 3.8) is 0 Å². The highest BCUT2D eigenvalue weighted by molar-refractivity contribution is 5.66. The van der Waals surface area contributed by atoms with Crippen LogP contribution in [0.3, 0.4) is 0 Å². The van der Waals surface area contributed by atoms with E-state index in [1.54, 1.807) is 0 Å². The zero-order chi connectivity index (χ0) is 22.5. The second-order valence-corrected chi connectivity index (χ2v) is 6.78. The number of rotatable bonds is 4. The van der Waals surface area contributed by atoms with E-state index >= 15 is 0 Å². The number of carbonyl (C=O) groups is 2. The second kappa shape index (κ2) is 9.40. The molecular formula is C21H19FN2O7. The van der Waals surface area contributed by atoms with Crippen molar-refractivity contribution in [3.05, 3.63) is 68.2 Å². The number of ether oxygens (including phenoxy) is 3. The second-order valence-electron chi connectivity index (χ2n) is 6.78. The van der Waals surface area contributed by atoms with Crippen molar-refractivity contribution >= 4 is 11.9 Å². The summed E-state index contributed by atoms with van der Waals surface area (Å²) in [7, 11) is 0. The van der Waals surface area contributed by atoms with Gasteiger partial charge in [0.1, 0.15) is 36.4 Å². The summed E-state index contributed by atoms with van der Waals surface area (Å²) in [6, 6.07) is 5.38. The van der Waals surface area contributed by atoms with Gasteiger partial charge in [-0.25, -0.2) is 9.18 Å². The molecule has 0 radical (unpaired) electrons. The minimum Gasteiger partial charge on any atom is -0.463 e. The number of benzene rings is 1. The zero-order valence-corrected chi connectivity index (χ0v) is 16.7. The van der Waals surface area contributed by atoms with Gasteiger partial charge in [0.2, 0.25) is 0 Å². The van der Waals surface area contributed by atoms with E-state index in [-0.39, 0.29) is 18.6 Å². The molecule has 1 aromatic carbocycles. The number of nitrogens with one attached hydrogen (secondary N) is 1. The number of aromatic amines is 1. The largest absolute Gasteiger partial charge is 0.463 e. The zero-order valence-electron chi connectivity index (χ0n) is 16.7. The molecule has 0 aliphatic carbocycles. The Balaban J connectivity index is 1.88. The van der Waals surface area contributed by atoms with Crippen LogP contribution in [0.1, 0.15) is 37.6 Å². The molecule has 0 amide bonds. The number of hydrogen-bond acceptors (Lipinski definition) is 7. The Kier molecular flexibility index (Phi) is 6.67. The van der Waals surface area contributed by atoms with Gasteiger partial charge in [-0.05, 0) is 24.3 Å². The first-order valence-electron chi connectivity index (χ1n) is 9.32. The van der Waals surface area contributed by atoms with E-state index in [0.29, 0.717) is 5.56 Å². The molecule has 1 aliphatic heterocycles. The van der Waals surface area contributed by atoms with Gasteiger partial charge in [-0.15, -0.1) is 0 Å². The van der Waals surface area contributed by atoms with Gasteiger partial charge < -0.3 is 14.2 Å². The quantitative estimate of drug-likeness (QED) is 0.565. The SMILES string of the molecule is CC(=O)OC[C@H]1O[C@@H](n2cc(C#Cc3ccc(F)cc3)c(=O)[nH]c2=O)C[C@@H]1OC(C)=O. The van der Waals surface area contributed by atoms with Gasteiger partial charge in [0.05, 0.1) is 0 Å². The minimum absolute atomic E-state index is 0.0139. The lowest BCUT2D eigenvalue weighted by Crippen LogP contribution is -2.34. The molecule has 9 nitrogen and oxygen atoms in total. The third kappa shape index (κ3) is 5.67. The topological polar surface area (TPSA) is 117 Å². The van der Waals surface area contributed by atoms with Crippen LogP contribution in [0.15, 0.2) is 40.1 Å². The number of carbonyl (C=O) groups excluding carboxylic acids is 2. The molecule has 2 aromatic rings. The Hall–Kier alpha value is -3.71. The third-order valence-electron chi connectivity index (χ3n) is 4.41. The Bertz CT molecular complexity index is 1160. The number of hydrogen-bond donors (Lipinski definition) is 1. The van der Waals surface area contributed by atoms with Crippen LogP contribution in [-0.2, 0) is 23.8 Å². The molecule has 1 N–H and O–H groups in total. The number of halogens is 1.